The molecule has 0 spiro atoms. The van der Waals surface area contributed by atoms with E-state index in [9.17, 15) is 17.6 Å². The molecule has 0 amide bonds. The molecule has 1 aromatic heterocycles. The molecule has 0 N–H and O–H groups in total. The fourth-order valence-corrected chi connectivity index (χ4v) is 1.42. The van der Waals surface area contributed by atoms with Gasteiger partial charge in [0.05, 0.1) is 5.56 Å². The van der Waals surface area contributed by atoms with Crippen molar-refractivity contribution >= 4 is 0 Å². The van der Waals surface area contributed by atoms with Crippen LogP contribution in [0.3, 0.4) is 0 Å². The molecule has 0 aliphatic rings. The van der Waals surface area contributed by atoms with Crippen molar-refractivity contribution in [3.8, 4) is 11.1 Å². The molecule has 1 aromatic carbocycles. The number of aromatic nitrogens is 1. The molecule has 5 heteroatoms. The van der Waals surface area contributed by atoms with Gasteiger partial charge in [-0.05, 0) is 23.8 Å². The largest absolute Gasteiger partial charge is 0.417 e. The Balaban J connectivity index is 2.47. The van der Waals surface area contributed by atoms with Gasteiger partial charge in [-0.1, -0.05) is 12.1 Å². The van der Waals surface area contributed by atoms with Gasteiger partial charge in [-0.2, -0.15) is 13.2 Å². The Morgan fingerprint density at radius 2 is 1.71 bits per heavy atom. The number of alkyl halides is 3. The summed E-state index contributed by atoms with van der Waals surface area (Å²) in [5, 5.41) is 0. The summed E-state index contributed by atoms with van der Waals surface area (Å²) in [6.45, 7) is 0. The summed E-state index contributed by atoms with van der Waals surface area (Å²) >= 11 is 0. The van der Waals surface area contributed by atoms with Crippen molar-refractivity contribution in [3.63, 3.8) is 0 Å². The molecule has 1 heterocycles. The Morgan fingerprint density at radius 3 is 2.35 bits per heavy atom. The van der Waals surface area contributed by atoms with Gasteiger partial charge in [0.15, 0.2) is 0 Å². The highest BCUT2D eigenvalue weighted by molar-refractivity contribution is 5.63. The summed E-state index contributed by atoms with van der Waals surface area (Å²) in [5.74, 6) is -0.500. The second-order valence-corrected chi connectivity index (χ2v) is 3.47. The maximum Gasteiger partial charge on any atom is 0.417 e. The molecule has 0 saturated heterocycles. The first-order chi connectivity index (χ1) is 7.97. The van der Waals surface area contributed by atoms with Crippen LogP contribution in [0.2, 0.25) is 0 Å². The number of halogens is 4. The van der Waals surface area contributed by atoms with Crippen molar-refractivity contribution in [2.75, 3.05) is 0 Å². The molecule has 0 aliphatic heterocycles. The SMILES string of the molecule is Fc1cccc(-c2cncc(C(F)(F)F)c2)c1. The Hall–Kier alpha value is -1.91. The van der Waals surface area contributed by atoms with Crippen molar-refractivity contribution in [1.82, 2.24) is 4.98 Å². The predicted molar refractivity (Wildman–Crippen MR) is 54.6 cm³/mol. The van der Waals surface area contributed by atoms with E-state index in [0.29, 0.717) is 5.56 Å². The molecule has 17 heavy (non-hydrogen) atoms. The highest BCUT2D eigenvalue weighted by Gasteiger charge is 2.31. The molecule has 88 valence electrons. The maximum absolute atomic E-state index is 12.9. The van der Waals surface area contributed by atoms with Gasteiger partial charge in [0.25, 0.3) is 0 Å². The molecule has 0 radical (unpaired) electrons. The molecule has 0 aliphatic carbocycles. The smallest absolute Gasteiger partial charge is 0.263 e. The lowest BCUT2D eigenvalue weighted by Gasteiger charge is -2.08. The zero-order chi connectivity index (χ0) is 12.5. The van der Waals surface area contributed by atoms with Crippen molar-refractivity contribution in [2.24, 2.45) is 0 Å². The highest BCUT2D eigenvalue weighted by atomic mass is 19.4. The molecule has 0 unspecified atom stereocenters. The molecular formula is C12H7F4N. The lowest BCUT2D eigenvalue weighted by atomic mass is 10.1. The van der Waals surface area contributed by atoms with Crippen LogP contribution >= 0.6 is 0 Å². The highest BCUT2D eigenvalue weighted by Crippen LogP contribution is 2.31. The van der Waals surface area contributed by atoms with Crippen molar-refractivity contribution in [3.05, 3.63) is 54.1 Å². The Morgan fingerprint density at radius 1 is 0.941 bits per heavy atom. The first-order valence-electron chi connectivity index (χ1n) is 4.75. The van der Waals surface area contributed by atoms with Crippen LogP contribution < -0.4 is 0 Å². The van der Waals surface area contributed by atoms with E-state index in [1.54, 1.807) is 0 Å². The van der Waals surface area contributed by atoms with Crippen LogP contribution in [0.15, 0.2) is 42.7 Å². The number of benzene rings is 1. The van der Waals surface area contributed by atoms with Crippen molar-refractivity contribution in [1.29, 1.82) is 0 Å². The third-order valence-corrected chi connectivity index (χ3v) is 2.22. The van der Waals surface area contributed by atoms with Gasteiger partial charge in [-0.15, -0.1) is 0 Å². The van der Waals surface area contributed by atoms with E-state index in [0.717, 1.165) is 18.3 Å². The van der Waals surface area contributed by atoms with Gasteiger partial charge >= 0.3 is 6.18 Å². The van der Waals surface area contributed by atoms with E-state index in [4.69, 9.17) is 0 Å². The van der Waals surface area contributed by atoms with E-state index in [1.165, 1.54) is 24.4 Å². The first kappa shape index (κ1) is 11.6. The normalized spacial score (nSPS) is 11.5. The van der Waals surface area contributed by atoms with E-state index in [2.05, 4.69) is 4.98 Å². The zero-order valence-corrected chi connectivity index (χ0v) is 8.50. The first-order valence-corrected chi connectivity index (χ1v) is 4.75. The molecule has 2 rings (SSSR count). The fourth-order valence-electron chi connectivity index (χ4n) is 1.42. The molecule has 0 bridgehead atoms. The van der Waals surface area contributed by atoms with Gasteiger partial charge in [0, 0.05) is 18.0 Å². The van der Waals surface area contributed by atoms with Gasteiger partial charge in [-0.25, -0.2) is 4.39 Å². The predicted octanol–water partition coefficient (Wildman–Crippen LogP) is 3.91. The topological polar surface area (TPSA) is 12.9 Å². The van der Waals surface area contributed by atoms with Crippen LogP contribution in [0.5, 0.6) is 0 Å². The monoisotopic (exact) mass is 241 g/mol. The summed E-state index contributed by atoms with van der Waals surface area (Å²) in [6, 6.07) is 6.30. The number of pyridine rings is 1. The molecule has 0 atom stereocenters. The molecular weight excluding hydrogens is 234 g/mol. The second kappa shape index (κ2) is 4.16. The van der Waals surface area contributed by atoms with Gasteiger partial charge in [0.2, 0.25) is 0 Å². The quantitative estimate of drug-likeness (QED) is 0.690. The summed E-state index contributed by atoms with van der Waals surface area (Å²) in [7, 11) is 0. The average Bonchev–Trinajstić information content (AvgIpc) is 2.28. The van der Waals surface area contributed by atoms with Crippen molar-refractivity contribution < 1.29 is 17.6 Å². The minimum atomic E-state index is -4.45. The van der Waals surface area contributed by atoms with E-state index >= 15 is 0 Å². The van der Waals surface area contributed by atoms with Crippen molar-refractivity contribution in [2.45, 2.75) is 6.18 Å². The number of hydrogen-bond donors (Lipinski definition) is 0. The molecule has 0 saturated carbocycles. The van der Waals surface area contributed by atoms with E-state index in [-0.39, 0.29) is 5.56 Å². The summed E-state index contributed by atoms with van der Waals surface area (Å²) in [6.07, 6.45) is -2.44. The fraction of sp³-hybridized carbons (Fsp3) is 0.0833. The van der Waals surface area contributed by atoms with Crippen LogP contribution in [-0.2, 0) is 6.18 Å². The number of hydrogen-bond acceptors (Lipinski definition) is 1. The standard InChI is InChI=1S/C12H7F4N/c13-11-3-1-2-8(5-11)9-4-10(7-17-6-9)12(14,15)16/h1-7H. The third kappa shape index (κ3) is 2.61. The average molecular weight is 241 g/mol. The zero-order valence-electron chi connectivity index (χ0n) is 8.50. The van der Waals surface area contributed by atoms with Crippen LogP contribution in [0.1, 0.15) is 5.56 Å². The molecule has 1 nitrogen and oxygen atoms in total. The lowest BCUT2D eigenvalue weighted by Crippen LogP contribution is -2.05. The van der Waals surface area contributed by atoms with Crippen LogP contribution in [-0.4, -0.2) is 4.98 Å². The number of nitrogens with zero attached hydrogens (tertiary/aromatic N) is 1. The minimum Gasteiger partial charge on any atom is -0.263 e. The Labute approximate surface area is 94.7 Å². The van der Waals surface area contributed by atoms with Gasteiger partial charge in [-0.3, -0.25) is 4.98 Å². The van der Waals surface area contributed by atoms with Crippen LogP contribution in [0.25, 0.3) is 11.1 Å². The lowest BCUT2D eigenvalue weighted by molar-refractivity contribution is -0.137. The number of rotatable bonds is 1. The van der Waals surface area contributed by atoms with E-state index in [1.807, 2.05) is 0 Å². The Bertz CT molecular complexity index is 534. The minimum absolute atomic E-state index is 0.235. The van der Waals surface area contributed by atoms with Crippen LogP contribution in [0.4, 0.5) is 17.6 Å². The second-order valence-electron chi connectivity index (χ2n) is 3.47. The summed E-state index contributed by atoms with van der Waals surface area (Å²) in [5.41, 5.74) is -0.248. The summed E-state index contributed by atoms with van der Waals surface area (Å²) < 4.78 is 50.3. The third-order valence-electron chi connectivity index (χ3n) is 2.22. The molecule has 2 aromatic rings. The van der Waals surface area contributed by atoms with Gasteiger partial charge in [0.1, 0.15) is 5.82 Å². The summed E-state index contributed by atoms with van der Waals surface area (Å²) in [4.78, 5) is 3.51. The molecule has 0 fully saturated rings. The van der Waals surface area contributed by atoms with Crippen LogP contribution in [0, 0.1) is 5.82 Å². The Kier molecular flexibility index (Phi) is 2.83. The van der Waals surface area contributed by atoms with E-state index < -0.39 is 17.6 Å². The maximum atomic E-state index is 12.9. The van der Waals surface area contributed by atoms with Gasteiger partial charge < -0.3 is 0 Å².